The first-order valence-electron chi connectivity index (χ1n) is 6.85. The molecule has 0 amide bonds. The van der Waals surface area contributed by atoms with Crippen LogP contribution in [0.1, 0.15) is 17.5 Å². The average molecular weight is 248 g/mol. The number of rotatable bonds is 6. The molecule has 0 radical (unpaired) electrons. The van der Waals surface area contributed by atoms with E-state index in [1.807, 2.05) is 0 Å². The van der Waals surface area contributed by atoms with Crippen molar-refractivity contribution in [3.8, 4) is 0 Å². The molecule has 1 aromatic carbocycles. The molecule has 0 spiro atoms. The van der Waals surface area contributed by atoms with E-state index in [2.05, 4.69) is 35.3 Å². The van der Waals surface area contributed by atoms with Crippen molar-refractivity contribution in [1.82, 2.24) is 5.32 Å². The zero-order valence-corrected chi connectivity index (χ0v) is 11.5. The van der Waals surface area contributed by atoms with Gasteiger partial charge in [0.05, 0.1) is 6.61 Å². The van der Waals surface area contributed by atoms with Gasteiger partial charge in [0.25, 0.3) is 0 Å². The van der Waals surface area contributed by atoms with Crippen molar-refractivity contribution in [3.05, 3.63) is 29.3 Å². The van der Waals surface area contributed by atoms with Crippen LogP contribution in [0.25, 0.3) is 0 Å². The van der Waals surface area contributed by atoms with Crippen molar-refractivity contribution in [2.45, 2.75) is 19.8 Å². The van der Waals surface area contributed by atoms with Gasteiger partial charge in [0.15, 0.2) is 0 Å². The van der Waals surface area contributed by atoms with E-state index >= 15 is 0 Å². The van der Waals surface area contributed by atoms with Crippen molar-refractivity contribution in [3.63, 3.8) is 0 Å². The number of aryl methyl sites for hydroxylation is 2. The summed E-state index contributed by atoms with van der Waals surface area (Å²) in [6.45, 7) is 7.19. The predicted octanol–water partition coefficient (Wildman–Crippen LogP) is 1.98. The standard InChI is InChI=1S/C15H24N2O/c1-13-5-6-15-14(12-13)4-3-9-17(15)10-7-16-8-11-18-2/h5-6,12,16H,3-4,7-11H2,1-2H3. The molecule has 1 aliphatic rings. The fourth-order valence-electron chi connectivity index (χ4n) is 2.55. The van der Waals surface area contributed by atoms with Crippen LogP contribution >= 0.6 is 0 Å². The third kappa shape index (κ3) is 3.47. The summed E-state index contributed by atoms with van der Waals surface area (Å²) in [6.07, 6.45) is 2.50. The molecule has 1 aliphatic heterocycles. The second kappa shape index (κ2) is 6.76. The third-order valence-corrected chi connectivity index (χ3v) is 3.49. The van der Waals surface area contributed by atoms with E-state index in [1.165, 1.54) is 36.2 Å². The minimum Gasteiger partial charge on any atom is -0.383 e. The second-order valence-electron chi connectivity index (χ2n) is 4.97. The molecule has 18 heavy (non-hydrogen) atoms. The van der Waals surface area contributed by atoms with E-state index in [-0.39, 0.29) is 0 Å². The van der Waals surface area contributed by atoms with Gasteiger partial charge < -0.3 is 15.0 Å². The van der Waals surface area contributed by atoms with Crippen molar-refractivity contribution >= 4 is 5.69 Å². The molecule has 3 heteroatoms. The SMILES string of the molecule is COCCNCCN1CCCc2cc(C)ccc21. The molecule has 0 bridgehead atoms. The maximum Gasteiger partial charge on any atom is 0.0587 e. The molecule has 0 saturated heterocycles. The molecular weight excluding hydrogens is 224 g/mol. The summed E-state index contributed by atoms with van der Waals surface area (Å²) in [4.78, 5) is 2.50. The van der Waals surface area contributed by atoms with Gasteiger partial charge in [-0.05, 0) is 31.4 Å². The molecule has 1 heterocycles. The molecule has 0 atom stereocenters. The number of benzene rings is 1. The lowest BCUT2D eigenvalue weighted by Crippen LogP contribution is -2.36. The molecule has 3 nitrogen and oxygen atoms in total. The first kappa shape index (κ1) is 13.4. The monoisotopic (exact) mass is 248 g/mol. The van der Waals surface area contributed by atoms with E-state index in [0.717, 1.165) is 26.2 Å². The largest absolute Gasteiger partial charge is 0.383 e. The Hall–Kier alpha value is -1.06. The summed E-state index contributed by atoms with van der Waals surface area (Å²) >= 11 is 0. The Morgan fingerprint density at radius 2 is 2.22 bits per heavy atom. The predicted molar refractivity (Wildman–Crippen MR) is 76.5 cm³/mol. The smallest absolute Gasteiger partial charge is 0.0587 e. The Kier molecular flexibility index (Phi) is 5.02. The number of methoxy groups -OCH3 is 1. The normalized spacial score (nSPS) is 14.7. The van der Waals surface area contributed by atoms with E-state index in [9.17, 15) is 0 Å². The Balaban J connectivity index is 1.88. The lowest BCUT2D eigenvalue weighted by Gasteiger charge is -2.31. The van der Waals surface area contributed by atoms with Crippen molar-refractivity contribution in [1.29, 1.82) is 0 Å². The molecule has 0 unspecified atom stereocenters. The van der Waals surface area contributed by atoms with Crippen LogP contribution in [0.3, 0.4) is 0 Å². The number of ether oxygens (including phenoxy) is 1. The van der Waals surface area contributed by atoms with Crippen molar-refractivity contribution in [2.75, 3.05) is 44.8 Å². The van der Waals surface area contributed by atoms with Crippen LogP contribution in [0.5, 0.6) is 0 Å². The van der Waals surface area contributed by atoms with Gasteiger partial charge >= 0.3 is 0 Å². The van der Waals surface area contributed by atoms with Crippen LogP contribution in [0.4, 0.5) is 5.69 Å². The summed E-state index contributed by atoms with van der Waals surface area (Å²) in [5, 5.41) is 3.41. The number of nitrogens with one attached hydrogen (secondary N) is 1. The Bertz CT molecular complexity index is 379. The highest BCUT2D eigenvalue weighted by molar-refractivity contribution is 5.56. The Morgan fingerprint density at radius 3 is 3.06 bits per heavy atom. The highest BCUT2D eigenvalue weighted by atomic mass is 16.5. The molecular formula is C15H24N2O. The molecule has 1 aromatic rings. The summed E-state index contributed by atoms with van der Waals surface area (Å²) in [5.41, 5.74) is 4.31. The van der Waals surface area contributed by atoms with Gasteiger partial charge in [0.1, 0.15) is 0 Å². The van der Waals surface area contributed by atoms with Gasteiger partial charge in [-0.25, -0.2) is 0 Å². The molecule has 0 saturated carbocycles. The maximum atomic E-state index is 5.03. The highest BCUT2D eigenvalue weighted by Crippen LogP contribution is 2.27. The van der Waals surface area contributed by atoms with Crippen LogP contribution in [0, 0.1) is 6.92 Å². The number of nitrogens with zero attached hydrogens (tertiary/aromatic N) is 1. The first-order chi connectivity index (χ1) is 8.81. The van der Waals surface area contributed by atoms with Crippen LogP contribution in [0.2, 0.25) is 0 Å². The third-order valence-electron chi connectivity index (χ3n) is 3.49. The highest BCUT2D eigenvalue weighted by Gasteiger charge is 2.15. The number of hydrogen-bond acceptors (Lipinski definition) is 3. The molecule has 1 N–H and O–H groups in total. The van der Waals surface area contributed by atoms with Gasteiger partial charge in [-0.15, -0.1) is 0 Å². The summed E-state index contributed by atoms with van der Waals surface area (Å²) in [6, 6.07) is 6.83. The van der Waals surface area contributed by atoms with Crippen molar-refractivity contribution < 1.29 is 4.74 Å². The van der Waals surface area contributed by atoms with Gasteiger partial charge in [0.2, 0.25) is 0 Å². The minimum atomic E-state index is 0.787. The maximum absolute atomic E-state index is 5.03. The van der Waals surface area contributed by atoms with Crippen LogP contribution < -0.4 is 10.2 Å². The van der Waals surface area contributed by atoms with E-state index in [1.54, 1.807) is 7.11 Å². The summed E-state index contributed by atoms with van der Waals surface area (Å²) in [5.74, 6) is 0. The zero-order chi connectivity index (χ0) is 12.8. The van der Waals surface area contributed by atoms with Crippen LogP contribution in [0.15, 0.2) is 18.2 Å². The molecule has 0 aliphatic carbocycles. The first-order valence-corrected chi connectivity index (χ1v) is 6.85. The van der Waals surface area contributed by atoms with Crippen LogP contribution in [-0.4, -0.2) is 39.9 Å². The zero-order valence-electron chi connectivity index (χ0n) is 11.5. The van der Waals surface area contributed by atoms with E-state index < -0.39 is 0 Å². The van der Waals surface area contributed by atoms with Crippen LogP contribution in [-0.2, 0) is 11.2 Å². The number of fused-ring (bicyclic) bond motifs is 1. The fraction of sp³-hybridized carbons (Fsp3) is 0.600. The quantitative estimate of drug-likeness (QED) is 0.779. The van der Waals surface area contributed by atoms with E-state index in [4.69, 9.17) is 4.74 Å². The van der Waals surface area contributed by atoms with Gasteiger partial charge in [0, 0.05) is 39.0 Å². The average Bonchev–Trinajstić information content (AvgIpc) is 2.38. The number of anilines is 1. The molecule has 2 rings (SSSR count). The van der Waals surface area contributed by atoms with Gasteiger partial charge in [-0.2, -0.15) is 0 Å². The van der Waals surface area contributed by atoms with Crippen molar-refractivity contribution in [2.24, 2.45) is 0 Å². The second-order valence-corrected chi connectivity index (χ2v) is 4.97. The molecule has 100 valence electrons. The Labute approximate surface area is 110 Å². The Morgan fingerprint density at radius 1 is 1.33 bits per heavy atom. The number of hydrogen-bond donors (Lipinski definition) is 1. The topological polar surface area (TPSA) is 24.5 Å². The lowest BCUT2D eigenvalue weighted by molar-refractivity contribution is 0.199. The lowest BCUT2D eigenvalue weighted by atomic mass is 10.00. The summed E-state index contributed by atoms with van der Waals surface area (Å²) in [7, 11) is 1.74. The fourth-order valence-corrected chi connectivity index (χ4v) is 2.55. The minimum absolute atomic E-state index is 0.787. The van der Waals surface area contributed by atoms with E-state index in [0.29, 0.717) is 0 Å². The molecule has 0 aromatic heterocycles. The van der Waals surface area contributed by atoms with Gasteiger partial charge in [-0.1, -0.05) is 17.7 Å². The molecule has 0 fully saturated rings. The summed E-state index contributed by atoms with van der Waals surface area (Å²) < 4.78 is 5.03. The van der Waals surface area contributed by atoms with Gasteiger partial charge in [-0.3, -0.25) is 0 Å².